The zero-order valence-corrected chi connectivity index (χ0v) is 20.0. The van der Waals surface area contributed by atoms with Gasteiger partial charge in [0, 0.05) is 18.5 Å². The van der Waals surface area contributed by atoms with Crippen molar-refractivity contribution in [3.63, 3.8) is 0 Å². The number of likely N-dealkylation sites (tertiary alicyclic amines) is 1. The molecule has 7 nitrogen and oxygen atoms in total. The molecule has 2 atom stereocenters. The Morgan fingerprint density at radius 1 is 1.15 bits per heavy atom. The summed E-state index contributed by atoms with van der Waals surface area (Å²) in [7, 11) is 0. The lowest BCUT2D eigenvalue weighted by molar-refractivity contribution is -0.140. The van der Waals surface area contributed by atoms with E-state index in [4.69, 9.17) is 10.5 Å². The van der Waals surface area contributed by atoms with Crippen LogP contribution in [-0.2, 0) is 26.3 Å². The van der Waals surface area contributed by atoms with Crippen LogP contribution in [0.25, 0.3) is 0 Å². The summed E-state index contributed by atoms with van der Waals surface area (Å²) in [4.78, 5) is 27.8. The highest BCUT2D eigenvalue weighted by atomic mass is 16.5. The molecule has 1 unspecified atom stereocenters. The molecule has 0 saturated carbocycles. The summed E-state index contributed by atoms with van der Waals surface area (Å²) >= 11 is 0. The number of nitrogens with two attached hydrogens (primary N) is 1. The van der Waals surface area contributed by atoms with E-state index in [1.54, 1.807) is 18.7 Å². The van der Waals surface area contributed by atoms with E-state index in [0.29, 0.717) is 26.1 Å². The minimum absolute atomic E-state index is 0.0682. The van der Waals surface area contributed by atoms with Crippen molar-refractivity contribution in [3.8, 4) is 0 Å². The van der Waals surface area contributed by atoms with Crippen molar-refractivity contribution in [2.45, 2.75) is 62.8 Å². The van der Waals surface area contributed by atoms with Crippen molar-refractivity contribution in [3.05, 3.63) is 71.3 Å². The third kappa shape index (κ3) is 5.17. The lowest BCUT2D eigenvalue weighted by Crippen LogP contribution is -2.59. The number of fused-ring (bicyclic) bond motifs is 2. The van der Waals surface area contributed by atoms with Gasteiger partial charge in [-0.25, -0.2) is 0 Å². The molecule has 34 heavy (non-hydrogen) atoms. The second-order valence-corrected chi connectivity index (χ2v) is 10.2. The van der Waals surface area contributed by atoms with E-state index in [0.717, 1.165) is 24.0 Å². The van der Waals surface area contributed by atoms with Gasteiger partial charge in [0.05, 0.1) is 24.9 Å². The number of carbonyl (C=O) groups excluding carboxylic acids is 2. The van der Waals surface area contributed by atoms with Gasteiger partial charge in [0.1, 0.15) is 6.04 Å². The molecule has 0 bridgehead atoms. The zero-order valence-electron chi connectivity index (χ0n) is 20.0. The molecule has 182 valence electrons. The molecule has 1 saturated heterocycles. The summed E-state index contributed by atoms with van der Waals surface area (Å²) in [6, 6.07) is 17.0. The van der Waals surface area contributed by atoms with Crippen LogP contribution in [0.1, 0.15) is 55.9 Å². The zero-order chi connectivity index (χ0) is 24.3. The number of aliphatic hydroxyl groups excluding tert-OH is 1. The Morgan fingerprint density at radius 3 is 2.47 bits per heavy atom. The van der Waals surface area contributed by atoms with Gasteiger partial charge >= 0.3 is 0 Å². The summed E-state index contributed by atoms with van der Waals surface area (Å²) < 4.78 is 5.83. The van der Waals surface area contributed by atoms with Crippen molar-refractivity contribution in [1.82, 2.24) is 10.2 Å². The van der Waals surface area contributed by atoms with E-state index in [-0.39, 0.29) is 17.9 Å². The van der Waals surface area contributed by atoms with Gasteiger partial charge in [-0.2, -0.15) is 0 Å². The van der Waals surface area contributed by atoms with E-state index < -0.39 is 23.6 Å². The van der Waals surface area contributed by atoms with Crippen LogP contribution in [0.4, 0.5) is 0 Å². The number of hydrogen-bond acceptors (Lipinski definition) is 5. The standard InChI is InChI=1S/C27H35N3O4/c1-26(2,28)25(33)29-22(18-34-17-19-8-4-3-5-9-19)24(32)30-14-12-27(13-15-30)16-23(31)20-10-6-7-11-21(20)27/h3-11,22-23,31H,12-18,28H2,1-2H3,(H,29,33)/t22-,23?/m1/s1. The Bertz CT molecular complexity index is 1010. The molecule has 4 rings (SSSR count). The normalized spacial score (nSPS) is 20.1. The number of benzene rings is 2. The summed E-state index contributed by atoms with van der Waals surface area (Å²) in [6.45, 7) is 4.78. The van der Waals surface area contributed by atoms with Gasteiger partial charge in [-0.15, -0.1) is 0 Å². The largest absolute Gasteiger partial charge is 0.388 e. The third-order valence-corrected chi connectivity index (χ3v) is 7.09. The first kappa shape index (κ1) is 24.4. The smallest absolute Gasteiger partial charge is 0.247 e. The highest BCUT2D eigenvalue weighted by Gasteiger charge is 2.46. The number of amides is 2. The molecule has 7 heteroatoms. The predicted molar refractivity (Wildman–Crippen MR) is 130 cm³/mol. The number of aliphatic hydroxyl groups is 1. The SMILES string of the molecule is CC(C)(N)C(=O)N[C@H](COCc1ccccc1)C(=O)N1CCC2(CC1)CC(O)c1ccccc12. The maximum atomic E-state index is 13.5. The van der Waals surface area contributed by atoms with Crippen LogP contribution in [0.2, 0.25) is 0 Å². The lowest BCUT2D eigenvalue weighted by atomic mass is 9.73. The molecule has 2 aromatic rings. The van der Waals surface area contributed by atoms with Crippen molar-refractivity contribution in [1.29, 1.82) is 0 Å². The molecule has 1 heterocycles. The Kier molecular flexibility index (Phi) is 7.07. The summed E-state index contributed by atoms with van der Waals surface area (Å²) in [5, 5.41) is 13.4. The van der Waals surface area contributed by atoms with Gasteiger partial charge in [-0.1, -0.05) is 54.6 Å². The number of rotatable bonds is 7. The van der Waals surface area contributed by atoms with Crippen molar-refractivity contribution in [2.24, 2.45) is 5.73 Å². The molecule has 2 aliphatic rings. The number of ether oxygens (including phenoxy) is 1. The second-order valence-electron chi connectivity index (χ2n) is 10.2. The van der Waals surface area contributed by atoms with Crippen LogP contribution in [-0.4, -0.2) is 53.1 Å². The minimum Gasteiger partial charge on any atom is -0.388 e. The summed E-state index contributed by atoms with van der Waals surface area (Å²) in [5.74, 6) is -0.553. The molecule has 1 fully saturated rings. The Labute approximate surface area is 201 Å². The van der Waals surface area contributed by atoms with Gasteiger partial charge in [-0.05, 0) is 49.8 Å². The van der Waals surface area contributed by atoms with Gasteiger partial charge < -0.3 is 25.8 Å². The second kappa shape index (κ2) is 9.86. The average molecular weight is 466 g/mol. The van der Waals surface area contributed by atoms with E-state index in [1.807, 2.05) is 48.5 Å². The van der Waals surface area contributed by atoms with Crippen LogP contribution in [0.5, 0.6) is 0 Å². The van der Waals surface area contributed by atoms with Crippen LogP contribution < -0.4 is 11.1 Å². The fraction of sp³-hybridized carbons (Fsp3) is 0.481. The molecular weight excluding hydrogens is 430 g/mol. The highest BCUT2D eigenvalue weighted by Crippen LogP contribution is 2.50. The topological polar surface area (TPSA) is 105 Å². The van der Waals surface area contributed by atoms with Gasteiger partial charge in [0.25, 0.3) is 0 Å². The first-order chi connectivity index (χ1) is 16.2. The van der Waals surface area contributed by atoms with Crippen LogP contribution >= 0.6 is 0 Å². The van der Waals surface area contributed by atoms with Gasteiger partial charge in [0.15, 0.2) is 0 Å². The van der Waals surface area contributed by atoms with Crippen molar-refractivity contribution >= 4 is 11.8 Å². The number of hydrogen-bond donors (Lipinski definition) is 3. The maximum absolute atomic E-state index is 13.5. The Balaban J connectivity index is 1.42. The van der Waals surface area contributed by atoms with E-state index in [2.05, 4.69) is 11.4 Å². The minimum atomic E-state index is -1.10. The van der Waals surface area contributed by atoms with Crippen LogP contribution in [0, 0.1) is 0 Å². The van der Waals surface area contributed by atoms with Gasteiger partial charge in [-0.3, -0.25) is 9.59 Å². The first-order valence-corrected chi connectivity index (χ1v) is 12.0. The Hall–Kier alpha value is -2.74. The fourth-order valence-electron chi connectivity index (χ4n) is 5.10. The van der Waals surface area contributed by atoms with E-state index in [1.165, 1.54) is 5.56 Å². The molecule has 2 aromatic carbocycles. The molecule has 0 radical (unpaired) electrons. The summed E-state index contributed by atoms with van der Waals surface area (Å²) in [6.07, 6.45) is 1.79. The lowest BCUT2D eigenvalue weighted by Gasteiger charge is -2.41. The molecule has 1 aliphatic heterocycles. The molecule has 0 aromatic heterocycles. The van der Waals surface area contributed by atoms with Gasteiger partial charge in [0.2, 0.25) is 11.8 Å². The fourth-order valence-corrected chi connectivity index (χ4v) is 5.10. The molecule has 1 aliphatic carbocycles. The average Bonchev–Trinajstić information content (AvgIpc) is 3.10. The van der Waals surface area contributed by atoms with Crippen molar-refractivity contribution < 1.29 is 19.4 Å². The van der Waals surface area contributed by atoms with E-state index >= 15 is 0 Å². The number of carbonyl (C=O) groups is 2. The number of nitrogens with one attached hydrogen (secondary N) is 1. The molecular formula is C27H35N3O4. The third-order valence-electron chi connectivity index (χ3n) is 7.09. The quantitative estimate of drug-likeness (QED) is 0.583. The van der Waals surface area contributed by atoms with E-state index in [9.17, 15) is 14.7 Å². The molecule has 2 amide bonds. The highest BCUT2D eigenvalue weighted by molar-refractivity contribution is 5.91. The molecule has 4 N–H and O–H groups in total. The number of piperidine rings is 1. The predicted octanol–water partition coefficient (Wildman–Crippen LogP) is 2.42. The first-order valence-electron chi connectivity index (χ1n) is 12.0. The monoisotopic (exact) mass is 465 g/mol. The Morgan fingerprint density at radius 2 is 1.79 bits per heavy atom. The van der Waals surface area contributed by atoms with Crippen LogP contribution in [0.15, 0.2) is 54.6 Å². The number of nitrogens with zero attached hydrogens (tertiary/aromatic N) is 1. The maximum Gasteiger partial charge on any atom is 0.247 e. The van der Waals surface area contributed by atoms with Crippen LogP contribution in [0.3, 0.4) is 0 Å². The van der Waals surface area contributed by atoms with Crippen molar-refractivity contribution in [2.75, 3.05) is 19.7 Å². The summed E-state index contributed by atoms with van der Waals surface area (Å²) in [5.41, 5.74) is 7.96. The molecule has 1 spiro atoms.